The highest BCUT2D eigenvalue weighted by molar-refractivity contribution is 8.01. The van der Waals surface area contributed by atoms with E-state index in [0.717, 1.165) is 31.0 Å². The average Bonchev–Trinajstić information content (AvgIpc) is 3.22. The largest absolute Gasteiger partial charge is 0.459 e. The molecule has 120 valence electrons. The van der Waals surface area contributed by atoms with E-state index in [1.807, 2.05) is 34.9 Å². The zero-order valence-electron chi connectivity index (χ0n) is 12.7. The fourth-order valence-electron chi connectivity index (χ4n) is 3.17. The third kappa shape index (κ3) is 3.01. The number of nitrogens with zero attached hydrogens (tertiary/aromatic N) is 2. The maximum Gasteiger partial charge on any atom is 0.289 e. The number of ether oxygens (including phenoxy) is 1. The minimum Gasteiger partial charge on any atom is -0.459 e. The van der Waals surface area contributed by atoms with Gasteiger partial charge in [-0.15, -0.1) is 11.8 Å². The molecule has 23 heavy (non-hydrogen) atoms. The molecule has 2 aliphatic rings. The molecule has 4 rings (SSSR count). The van der Waals surface area contributed by atoms with Crippen LogP contribution in [0.4, 0.5) is 0 Å². The summed E-state index contributed by atoms with van der Waals surface area (Å²) in [6, 6.07) is 9.32. The normalized spacial score (nSPS) is 22.3. The van der Waals surface area contributed by atoms with Gasteiger partial charge in [0.1, 0.15) is 0 Å². The Morgan fingerprint density at radius 3 is 3.04 bits per heavy atom. The predicted molar refractivity (Wildman–Crippen MR) is 87.2 cm³/mol. The van der Waals surface area contributed by atoms with E-state index in [9.17, 15) is 4.79 Å². The van der Waals surface area contributed by atoms with Crippen LogP contribution in [0.2, 0.25) is 0 Å². The molecule has 2 saturated heterocycles. The minimum absolute atomic E-state index is 0.0147. The van der Waals surface area contributed by atoms with Crippen molar-refractivity contribution < 1.29 is 13.9 Å². The van der Waals surface area contributed by atoms with Crippen molar-refractivity contribution in [2.75, 3.05) is 18.8 Å². The van der Waals surface area contributed by atoms with E-state index in [-0.39, 0.29) is 16.8 Å². The van der Waals surface area contributed by atoms with Crippen molar-refractivity contribution in [3.63, 3.8) is 0 Å². The van der Waals surface area contributed by atoms with Gasteiger partial charge in [-0.3, -0.25) is 9.78 Å². The van der Waals surface area contributed by atoms with Crippen LogP contribution in [0, 0.1) is 0 Å². The third-order valence-electron chi connectivity index (χ3n) is 4.35. The van der Waals surface area contributed by atoms with E-state index in [2.05, 4.69) is 4.98 Å². The molecular weight excluding hydrogens is 312 g/mol. The Kier molecular flexibility index (Phi) is 3.87. The van der Waals surface area contributed by atoms with E-state index in [0.29, 0.717) is 12.4 Å². The maximum absolute atomic E-state index is 12.2. The lowest BCUT2D eigenvalue weighted by atomic mass is 9.92. The van der Waals surface area contributed by atoms with Gasteiger partial charge in [0, 0.05) is 25.0 Å². The lowest BCUT2D eigenvalue weighted by Gasteiger charge is -2.47. The van der Waals surface area contributed by atoms with Crippen molar-refractivity contribution in [3.05, 3.63) is 54.2 Å². The van der Waals surface area contributed by atoms with Crippen LogP contribution in [-0.4, -0.2) is 45.5 Å². The van der Waals surface area contributed by atoms with E-state index in [4.69, 9.17) is 9.15 Å². The highest BCUT2D eigenvalue weighted by Gasteiger charge is 2.51. The Morgan fingerprint density at radius 1 is 1.39 bits per heavy atom. The van der Waals surface area contributed by atoms with E-state index in [1.165, 1.54) is 6.26 Å². The molecule has 0 saturated carbocycles. The van der Waals surface area contributed by atoms with Crippen molar-refractivity contribution in [1.29, 1.82) is 0 Å². The van der Waals surface area contributed by atoms with Gasteiger partial charge in [0.05, 0.1) is 29.4 Å². The monoisotopic (exact) mass is 330 g/mol. The lowest BCUT2D eigenvalue weighted by Crippen LogP contribution is -2.60. The Hall–Kier alpha value is -1.79. The molecular formula is C17H18N2O3S. The van der Waals surface area contributed by atoms with Crippen molar-refractivity contribution in [3.8, 4) is 0 Å². The second kappa shape index (κ2) is 6.02. The van der Waals surface area contributed by atoms with Crippen molar-refractivity contribution in [2.45, 2.75) is 23.9 Å². The van der Waals surface area contributed by atoms with Gasteiger partial charge in [-0.05, 0) is 30.7 Å². The molecule has 5 nitrogen and oxygen atoms in total. The number of carbonyl (C=O) groups is 1. The Morgan fingerprint density at radius 2 is 2.30 bits per heavy atom. The number of rotatable bonds is 4. The molecule has 0 aliphatic carbocycles. The number of carbonyl (C=O) groups excluding carboxylic acids is 1. The number of thioether (sulfide) groups is 1. The summed E-state index contributed by atoms with van der Waals surface area (Å²) >= 11 is 1.92. The maximum atomic E-state index is 12.2. The molecule has 2 fully saturated rings. The number of pyridine rings is 1. The van der Waals surface area contributed by atoms with Crippen LogP contribution in [0.15, 0.2) is 47.2 Å². The minimum atomic E-state index is -0.0147. The summed E-state index contributed by atoms with van der Waals surface area (Å²) in [5, 5.41) is 0. The van der Waals surface area contributed by atoms with Gasteiger partial charge in [-0.25, -0.2) is 0 Å². The van der Waals surface area contributed by atoms with Crippen LogP contribution in [0.3, 0.4) is 0 Å². The van der Waals surface area contributed by atoms with Gasteiger partial charge in [-0.1, -0.05) is 6.07 Å². The van der Waals surface area contributed by atoms with Crippen molar-refractivity contribution in [2.24, 2.45) is 0 Å². The highest BCUT2D eigenvalue weighted by Crippen LogP contribution is 2.46. The van der Waals surface area contributed by atoms with E-state index >= 15 is 0 Å². The molecule has 6 heteroatoms. The number of hydrogen-bond donors (Lipinski definition) is 0. The first kappa shape index (κ1) is 14.8. The van der Waals surface area contributed by atoms with Crippen molar-refractivity contribution >= 4 is 17.7 Å². The Bertz CT molecular complexity index is 668. The smallest absolute Gasteiger partial charge is 0.289 e. The fourth-order valence-corrected chi connectivity index (χ4v) is 4.72. The standard InChI is InChI=1S/C17H18N2O3S/c20-16(15-5-3-7-21-15)19-11-17(12-19)8-14(10-23-17)22-9-13-4-1-2-6-18-13/h1-7,14H,8-12H2/t14-/m1/s1. The second-order valence-corrected chi connectivity index (χ2v) is 7.58. The van der Waals surface area contributed by atoms with Crippen LogP contribution >= 0.6 is 11.8 Å². The lowest BCUT2D eigenvalue weighted by molar-refractivity contribution is 0.0233. The zero-order valence-corrected chi connectivity index (χ0v) is 13.5. The SMILES string of the molecule is O=C(c1ccco1)N1CC2(C[C@@H](OCc3ccccn3)CS2)C1. The molecule has 1 amide bonds. The Labute approximate surface area is 139 Å². The summed E-state index contributed by atoms with van der Waals surface area (Å²) in [4.78, 5) is 18.3. The number of amides is 1. The van der Waals surface area contributed by atoms with Crippen LogP contribution in [0.25, 0.3) is 0 Å². The zero-order chi connectivity index (χ0) is 15.7. The summed E-state index contributed by atoms with van der Waals surface area (Å²) in [7, 11) is 0. The average molecular weight is 330 g/mol. The fraction of sp³-hybridized carbons (Fsp3) is 0.412. The van der Waals surface area contributed by atoms with Gasteiger partial charge < -0.3 is 14.1 Å². The van der Waals surface area contributed by atoms with Gasteiger partial charge in [0.2, 0.25) is 0 Å². The third-order valence-corrected chi connectivity index (χ3v) is 5.92. The Balaban J connectivity index is 1.27. The summed E-state index contributed by atoms with van der Waals surface area (Å²) in [5.74, 6) is 1.39. The second-order valence-electron chi connectivity index (χ2n) is 6.09. The first-order chi connectivity index (χ1) is 11.2. The van der Waals surface area contributed by atoms with Gasteiger partial charge in [-0.2, -0.15) is 0 Å². The quantitative estimate of drug-likeness (QED) is 0.862. The molecule has 1 atom stereocenters. The molecule has 2 aliphatic heterocycles. The summed E-state index contributed by atoms with van der Waals surface area (Å²) in [6.07, 6.45) is 4.55. The molecule has 2 aromatic heterocycles. The van der Waals surface area contributed by atoms with E-state index < -0.39 is 0 Å². The van der Waals surface area contributed by atoms with Gasteiger partial charge in [0.15, 0.2) is 5.76 Å². The molecule has 0 bridgehead atoms. The number of likely N-dealkylation sites (tertiary alicyclic amines) is 1. The molecule has 4 heterocycles. The summed E-state index contributed by atoms with van der Waals surface area (Å²) < 4.78 is 11.3. The predicted octanol–water partition coefficient (Wildman–Crippen LogP) is 2.59. The summed E-state index contributed by atoms with van der Waals surface area (Å²) in [5.41, 5.74) is 0.960. The molecule has 0 radical (unpaired) electrons. The summed E-state index contributed by atoms with van der Waals surface area (Å²) in [6.45, 7) is 2.11. The first-order valence-electron chi connectivity index (χ1n) is 7.72. The molecule has 2 aromatic rings. The molecule has 0 N–H and O–H groups in total. The van der Waals surface area contributed by atoms with Crippen LogP contribution in [0.5, 0.6) is 0 Å². The topological polar surface area (TPSA) is 55.6 Å². The number of aromatic nitrogens is 1. The van der Waals surface area contributed by atoms with Crippen LogP contribution < -0.4 is 0 Å². The molecule has 0 aromatic carbocycles. The molecule has 1 spiro atoms. The number of hydrogen-bond acceptors (Lipinski definition) is 5. The van der Waals surface area contributed by atoms with Crippen LogP contribution in [-0.2, 0) is 11.3 Å². The highest BCUT2D eigenvalue weighted by atomic mass is 32.2. The van der Waals surface area contributed by atoms with E-state index in [1.54, 1.807) is 18.3 Å². The molecule has 0 unspecified atom stereocenters. The first-order valence-corrected chi connectivity index (χ1v) is 8.71. The van der Waals surface area contributed by atoms with Gasteiger partial charge in [0.25, 0.3) is 5.91 Å². The number of furan rings is 1. The van der Waals surface area contributed by atoms with Crippen molar-refractivity contribution in [1.82, 2.24) is 9.88 Å². The van der Waals surface area contributed by atoms with Gasteiger partial charge >= 0.3 is 0 Å². The van der Waals surface area contributed by atoms with Crippen LogP contribution in [0.1, 0.15) is 22.7 Å².